The van der Waals surface area contributed by atoms with Gasteiger partial charge in [-0.25, -0.2) is 15.0 Å². The first-order chi connectivity index (χ1) is 24.8. The maximum Gasteiger partial charge on any atom is 0.494 e. The number of para-hydroxylation sites is 1. The summed E-state index contributed by atoms with van der Waals surface area (Å²) in [4.78, 5) is 15.4. The van der Waals surface area contributed by atoms with Crippen LogP contribution in [0.1, 0.15) is 27.7 Å². The van der Waals surface area contributed by atoms with Crippen LogP contribution < -0.4 is 32.8 Å². The Morgan fingerprint density at radius 2 is 0.962 bits per heavy atom. The SMILES string of the molecule is Bc1c(B)c(B)c(-c2nc(-c3ccc4c(c3)oc3ccccc34)nc(-c3ccc4c(c3)oc3ccc(B5OC(C)(C)C(C)(C)O5)cc34)n2)c(B)c1B. The molecule has 0 unspecified atom stereocenters. The monoisotopic (exact) mass is 675 g/mol. The first kappa shape index (κ1) is 32.9. The van der Waals surface area contributed by atoms with Crippen molar-refractivity contribution < 1.29 is 18.1 Å². The van der Waals surface area contributed by atoms with E-state index >= 15 is 0 Å². The van der Waals surface area contributed by atoms with Crippen molar-refractivity contribution in [1.29, 1.82) is 0 Å². The molecule has 0 saturated carbocycles. The van der Waals surface area contributed by atoms with Gasteiger partial charge in [-0.2, -0.15) is 0 Å². The second-order valence-electron chi connectivity index (χ2n) is 15.3. The topological polar surface area (TPSA) is 83.4 Å². The van der Waals surface area contributed by atoms with E-state index in [1.807, 2.05) is 42.5 Å². The molecule has 0 radical (unpaired) electrons. The van der Waals surface area contributed by atoms with Crippen LogP contribution in [0.25, 0.3) is 78.0 Å². The molecule has 7 nitrogen and oxygen atoms in total. The molecule has 13 heteroatoms. The van der Waals surface area contributed by atoms with Gasteiger partial charge in [0, 0.05) is 38.2 Å². The van der Waals surface area contributed by atoms with E-state index in [0.29, 0.717) is 17.5 Å². The Balaban J connectivity index is 1.20. The molecule has 0 atom stereocenters. The number of rotatable bonds is 4. The summed E-state index contributed by atoms with van der Waals surface area (Å²) in [5.41, 5.74) is 12.1. The first-order valence-corrected chi connectivity index (χ1v) is 17.9. The van der Waals surface area contributed by atoms with E-state index in [9.17, 15) is 0 Å². The van der Waals surface area contributed by atoms with Crippen molar-refractivity contribution in [2.45, 2.75) is 38.9 Å². The molecule has 248 valence electrons. The van der Waals surface area contributed by atoms with E-state index in [2.05, 4.69) is 103 Å². The molecule has 0 amide bonds. The second kappa shape index (κ2) is 11.5. The lowest BCUT2D eigenvalue weighted by Crippen LogP contribution is -2.55. The molecule has 0 bridgehead atoms. The summed E-state index contributed by atoms with van der Waals surface area (Å²) in [6.45, 7) is 8.27. The normalized spacial score (nSPS) is 15.4. The third kappa shape index (κ3) is 5.01. The highest BCUT2D eigenvalue weighted by Crippen LogP contribution is 2.38. The molecule has 1 fully saturated rings. The maximum absolute atomic E-state index is 6.44. The molecular weight excluding hydrogens is 639 g/mol. The van der Waals surface area contributed by atoms with Gasteiger partial charge < -0.3 is 18.1 Å². The predicted molar refractivity (Wildman–Crippen MR) is 227 cm³/mol. The Labute approximate surface area is 307 Å². The van der Waals surface area contributed by atoms with E-state index in [1.54, 1.807) is 0 Å². The van der Waals surface area contributed by atoms with Gasteiger partial charge in [0.15, 0.2) is 17.5 Å². The summed E-state index contributed by atoms with van der Waals surface area (Å²) in [5, 5.41) is 4.14. The third-order valence-electron chi connectivity index (χ3n) is 11.8. The first-order valence-electron chi connectivity index (χ1n) is 17.9. The van der Waals surface area contributed by atoms with Crippen molar-refractivity contribution in [2.75, 3.05) is 0 Å². The zero-order valence-electron chi connectivity index (χ0n) is 31.1. The minimum atomic E-state index is -0.458. The van der Waals surface area contributed by atoms with Gasteiger partial charge in [0.05, 0.1) is 11.2 Å². The van der Waals surface area contributed by atoms with Gasteiger partial charge in [-0.15, -0.1) is 16.4 Å². The molecule has 9 rings (SSSR count). The summed E-state index contributed by atoms with van der Waals surface area (Å²) in [6, 6.07) is 26.6. The maximum atomic E-state index is 6.44. The minimum Gasteiger partial charge on any atom is -0.456 e. The van der Waals surface area contributed by atoms with Crippen LogP contribution in [0.5, 0.6) is 0 Å². The van der Waals surface area contributed by atoms with Crippen LogP contribution in [0.4, 0.5) is 0 Å². The Morgan fingerprint density at radius 3 is 1.56 bits per heavy atom. The fraction of sp³-hybridized carbons (Fsp3) is 0.154. The van der Waals surface area contributed by atoms with Crippen LogP contribution in [0.15, 0.2) is 87.7 Å². The van der Waals surface area contributed by atoms with Gasteiger partial charge in [0.1, 0.15) is 61.6 Å². The van der Waals surface area contributed by atoms with Crippen molar-refractivity contribution in [1.82, 2.24) is 15.0 Å². The van der Waals surface area contributed by atoms with E-state index < -0.39 is 18.3 Å². The predicted octanol–water partition coefficient (Wildman–Crippen LogP) is 0.263. The summed E-state index contributed by atoms with van der Waals surface area (Å²) in [7, 11) is 10.4. The molecular formula is C39H35B6N3O4. The van der Waals surface area contributed by atoms with Crippen molar-refractivity contribution >= 4 is 123 Å². The van der Waals surface area contributed by atoms with Gasteiger partial charge in [-0.05, 0) is 69.6 Å². The Hall–Kier alpha value is -4.98. The van der Waals surface area contributed by atoms with Crippen LogP contribution in [0.2, 0.25) is 0 Å². The fourth-order valence-electron chi connectivity index (χ4n) is 7.51. The fourth-order valence-corrected chi connectivity index (χ4v) is 7.51. The van der Waals surface area contributed by atoms with Crippen LogP contribution in [0, 0.1) is 0 Å². The summed E-state index contributed by atoms with van der Waals surface area (Å²) < 4.78 is 25.4. The van der Waals surface area contributed by atoms with E-state index in [-0.39, 0.29) is 0 Å². The Morgan fingerprint density at radius 1 is 0.481 bits per heavy atom. The molecule has 5 aromatic carbocycles. The molecule has 1 aliphatic rings. The number of hydrogen-bond acceptors (Lipinski definition) is 7. The van der Waals surface area contributed by atoms with Crippen LogP contribution in [-0.2, 0) is 9.31 Å². The van der Waals surface area contributed by atoms with Crippen LogP contribution in [0.3, 0.4) is 0 Å². The summed E-state index contributed by atoms with van der Waals surface area (Å²) >= 11 is 0. The standard InChI is InChI=1S/C39H35B6N3O4/c1-38(2)39(3,4)52-45(51-38)20-11-14-26-24(17-20)23-13-10-19(16-28(23)50-26)36-46-35(18-9-12-22-21-7-5-6-8-25(21)49-27(22)15-18)47-37(48-36)29-30(40)32(42)34(44)33(43)31(29)41/h5-17H,40-44H2,1-4H3. The van der Waals surface area contributed by atoms with Gasteiger partial charge in [-0.1, -0.05) is 53.4 Å². The van der Waals surface area contributed by atoms with Gasteiger partial charge in [0.2, 0.25) is 0 Å². The van der Waals surface area contributed by atoms with Crippen molar-refractivity contribution in [3.05, 3.63) is 78.9 Å². The van der Waals surface area contributed by atoms with Crippen LogP contribution in [-0.4, -0.2) is 72.5 Å². The van der Waals surface area contributed by atoms with Crippen LogP contribution >= 0.6 is 0 Å². The van der Waals surface area contributed by atoms with E-state index in [4.69, 9.17) is 33.1 Å². The van der Waals surface area contributed by atoms with Crippen molar-refractivity contribution in [3.8, 4) is 34.2 Å². The molecule has 3 aromatic heterocycles. The number of nitrogens with zero attached hydrogens (tertiary/aromatic N) is 3. The Bertz CT molecular complexity index is 2750. The van der Waals surface area contributed by atoms with E-state index in [0.717, 1.165) is 66.0 Å². The quantitative estimate of drug-likeness (QED) is 0.248. The lowest BCUT2D eigenvalue weighted by molar-refractivity contribution is 0.00578. The molecule has 52 heavy (non-hydrogen) atoms. The highest BCUT2D eigenvalue weighted by atomic mass is 16.7. The summed E-state index contributed by atoms with van der Waals surface area (Å²) in [6.07, 6.45) is 0. The average molecular weight is 675 g/mol. The van der Waals surface area contributed by atoms with Crippen molar-refractivity contribution in [2.24, 2.45) is 0 Å². The second-order valence-corrected chi connectivity index (χ2v) is 15.3. The molecule has 0 spiro atoms. The summed E-state index contributed by atoms with van der Waals surface area (Å²) in [5.74, 6) is 1.79. The molecule has 8 aromatic rings. The number of aromatic nitrogens is 3. The zero-order chi connectivity index (χ0) is 36.3. The molecule has 0 aliphatic carbocycles. The van der Waals surface area contributed by atoms with Gasteiger partial charge in [-0.3, -0.25) is 0 Å². The lowest BCUT2D eigenvalue weighted by atomic mass is 9.60. The zero-order valence-corrected chi connectivity index (χ0v) is 31.1. The molecule has 1 aliphatic heterocycles. The van der Waals surface area contributed by atoms with Gasteiger partial charge >= 0.3 is 7.12 Å². The van der Waals surface area contributed by atoms with E-state index in [1.165, 1.54) is 27.3 Å². The lowest BCUT2D eigenvalue weighted by Gasteiger charge is -2.32. The Kier molecular flexibility index (Phi) is 7.28. The van der Waals surface area contributed by atoms with Crippen molar-refractivity contribution in [3.63, 3.8) is 0 Å². The largest absolute Gasteiger partial charge is 0.494 e. The minimum absolute atomic E-state index is 0.424. The third-order valence-corrected chi connectivity index (χ3v) is 11.8. The average Bonchev–Trinajstić information content (AvgIpc) is 3.76. The van der Waals surface area contributed by atoms with Gasteiger partial charge in [0.25, 0.3) is 0 Å². The number of hydrogen-bond donors (Lipinski definition) is 0. The smallest absolute Gasteiger partial charge is 0.456 e. The highest BCUT2D eigenvalue weighted by molar-refractivity contribution is 6.68. The highest BCUT2D eigenvalue weighted by Gasteiger charge is 2.51. The number of furan rings is 2. The molecule has 4 heterocycles. The molecule has 0 N–H and O–H groups in total. The molecule has 1 saturated heterocycles. The number of benzene rings is 5. The number of fused-ring (bicyclic) bond motifs is 6.